The highest BCUT2D eigenvalue weighted by Gasteiger charge is 2.10. The van der Waals surface area contributed by atoms with Crippen LogP contribution in [0.15, 0.2) is 24.3 Å². The highest BCUT2D eigenvalue weighted by Crippen LogP contribution is 2.10. The second-order valence-corrected chi connectivity index (χ2v) is 4.47. The molecule has 16 heavy (non-hydrogen) atoms. The quantitative estimate of drug-likeness (QED) is 0.599. The van der Waals surface area contributed by atoms with Crippen LogP contribution in [0.25, 0.3) is 0 Å². The third kappa shape index (κ3) is 3.98. The normalized spacial score (nSPS) is 11.1. The van der Waals surface area contributed by atoms with Gasteiger partial charge in [0.1, 0.15) is 5.75 Å². The van der Waals surface area contributed by atoms with Crippen LogP contribution in [-0.4, -0.2) is 21.0 Å². The van der Waals surface area contributed by atoms with E-state index in [-0.39, 0.29) is 12.2 Å². The van der Waals surface area contributed by atoms with Crippen molar-refractivity contribution in [2.75, 3.05) is 6.61 Å². The molecular formula is C10H11FO4S. The van der Waals surface area contributed by atoms with Crippen LogP contribution in [0.5, 0.6) is 0 Å². The van der Waals surface area contributed by atoms with Crippen molar-refractivity contribution in [3.05, 3.63) is 35.4 Å². The lowest BCUT2D eigenvalue weighted by Crippen LogP contribution is -2.04. The predicted octanol–water partition coefficient (Wildman–Crippen LogP) is 1.66. The summed E-state index contributed by atoms with van der Waals surface area (Å²) in [6.45, 7) is 1.95. The maximum absolute atomic E-state index is 12.3. The van der Waals surface area contributed by atoms with Crippen molar-refractivity contribution in [2.45, 2.75) is 12.7 Å². The number of hydrogen-bond donors (Lipinski definition) is 0. The van der Waals surface area contributed by atoms with Crippen molar-refractivity contribution in [3.63, 3.8) is 0 Å². The van der Waals surface area contributed by atoms with Crippen LogP contribution in [0.2, 0.25) is 0 Å². The molecule has 1 aromatic rings. The Hall–Kier alpha value is -1.43. The van der Waals surface area contributed by atoms with Crippen molar-refractivity contribution in [1.29, 1.82) is 0 Å². The Labute approximate surface area is 93.3 Å². The fourth-order valence-corrected chi connectivity index (χ4v) is 1.74. The molecule has 1 aromatic carbocycles. The van der Waals surface area contributed by atoms with Gasteiger partial charge in [0.25, 0.3) is 0 Å². The maximum atomic E-state index is 12.3. The smallest absolute Gasteiger partial charge is 0.338 e. The summed E-state index contributed by atoms with van der Waals surface area (Å²) in [6, 6.07) is 5.56. The van der Waals surface area contributed by atoms with Gasteiger partial charge in [-0.15, -0.1) is 3.89 Å². The minimum Gasteiger partial charge on any atom is -0.462 e. The molecular weight excluding hydrogens is 235 g/mol. The number of hydrogen-bond acceptors (Lipinski definition) is 4. The fourth-order valence-electron chi connectivity index (χ4n) is 1.15. The van der Waals surface area contributed by atoms with E-state index in [1.807, 2.05) is 0 Å². The largest absolute Gasteiger partial charge is 0.462 e. The standard InChI is InChI=1S/C10H11FO4S/c1-2-15-10(12)9-5-3-8(4-6-9)7-16(11,13)14/h3-6H,2,7H2,1H3. The van der Waals surface area contributed by atoms with Crippen LogP contribution >= 0.6 is 0 Å². The first-order chi connectivity index (χ1) is 7.42. The summed E-state index contributed by atoms with van der Waals surface area (Å²) >= 11 is 0. The first kappa shape index (κ1) is 12.6. The predicted molar refractivity (Wildman–Crippen MR) is 56.1 cm³/mol. The molecule has 0 unspecified atom stereocenters. The summed E-state index contributed by atoms with van der Waals surface area (Å²) in [6.07, 6.45) is 0. The van der Waals surface area contributed by atoms with Gasteiger partial charge in [-0.05, 0) is 24.6 Å². The Bertz CT molecular complexity index is 464. The fraction of sp³-hybridized carbons (Fsp3) is 0.300. The molecule has 0 N–H and O–H groups in total. The third-order valence-electron chi connectivity index (χ3n) is 1.80. The number of halogens is 1. The summed E-state index contributed by atoms with van der Waals surface area (Å²) < 4.78 is 37.8. The molecule has 0 saturated carbocycles. The zero-order valence-electron chi connectivity index (χ0n) is 8.64. The van der Waals surface area contributed by atoms with Crippen LogP contribution < -0.4 is 0 Å². The Morgan fingerprint density at radius 1 is 1.31 bits per heavy atom. The summed E-state index contributed by atoms with van der Waals surface area (Å²) in [5.41, 5.74) is 0.595. The van der Waals surface area contributed by atoms with Gasteiger partial charge >= 0.3 is 16.2 Å². The van der Waals surface area contributed by atoms with Crippen molar-refractivity contribution >= 4 is 16.2 Å². The molecule has 0 fully saturated rings. The molecule has 0 heterocycles. The van der Waals surface area contributed by atoms with Crippen LogP contribution in [0.1, 0.15) is 22.8 Å². The van der Waals surface area contributed by atoms with E-state index in [1.54, 1.807) is 6.92 Å². The lowest BCUT2D eigenvalue weighted by atomic mass is 10.1. The lowest BCUT2D eigenvalue weighted by molar-refractivity contribution is 0.0526. The lowest BCUT2D eigenvalue weighted by Gasteiger charge is -2.02. The number of benzene rings is 1. The zero-order valence-corrected chi connectivity index (χ0v) is 9.46. The minimum absolute atomic E-state index is 0.263. The molecule has 88 valence electrons. The minimum atomic E-state index is -4.54. The first-order valence-corrected chi connectivity index (χ1v) is 6.16. The molecule has 1 rings (SSSR count). The van der Waals surface area contributed by atoms with Crippen LogP contribution in [0, 0.1) is 0 Å². The monoisotopic (exact) mass is 246 g/mol. The van der Waals surface area contributed by atoms with Gasteiger partial charge in [0.05, 0.1) is 12.2 Å². The maximum Gasteiger partial charge on any atom is 0.338 e. The number of carbonyl (C=O) groups is 1. The molecule has 0 saturated heterocycles. The third-order valence-corrected chi connectivity index (χ3v) is 2.48. The molecule has 6 heteroatoms. The molecule has 0 atom stereocenters. The van der Waals surface area contributed by atoms with Gasteiger partial charge in [0, 0.05) is 0 Å². The highest BCUT2D eigenvalue weighted by molar-refractivity contribution is 7.85. The van der Waals surface area contributed by atoms with Crippen LogP contribution in [-0.2, 0) is 20.7 Å². The summed E-state index contributed by atoms with van der Waals surface area (Å²) in [7, 11) is -4.54. The Kier molecular flexibility index (Phi) is 4.00. The zero-order chi connectivity index (χ0) is 12.2. The summed E-state index contributed by atoms with van der Waals surface area (Å²) in [5.74, 6) is -1.17. The van der Waals surface area contributed by atoms with Gasteiger partial charge in [0.2, 0.25) is 0 Å². The average molecular weight is 246 g/mol. The van der Waals surface area contributed by atoms with E-state index in [0.717, 1.165) is 0 Å². The van der Waals surface area contributed by atoms with E-state index in [9.17, 15) is 17.1 Å². The number of ether oxygens (including phenoxy) is 1. The average Bonchev–Trinajstić information content (AvgIpc) is 2.16. The van der Waals surface area contributed by atoms with Gasteiger partial charge in [0.15, 0.2) is 0 Å². The van der Waals surface area contributed by atoms with Crippen molar-refractivity contribution in [1.82, 2.24) is 0 Å². The Balaban J connectivity index is 2.79. The first-order valence-electron chi connectivity index (χ1n) is 4.61. The molecule has 0 aliphatic carbocycles. The molecule has 0 amide bonds. The van der Waals surface area contributed by atoms with Gasteiger partial charge in [-0.25, -0.2) is 4.79 Å². The second-order valence-electron chi connectivity index (χ2n) is 3.10. The Morgan fingerprint density at radius 3 is 2.31 bits per heavy atom. The highest BCUT2D eigenvalue weighted by atomic mass is 32.3. The van der Waals surface area contributed by atoms with Crippen molar-refractivity contribution < 1.29 is 21.8 Å². The van der Waals surface area contributed by atoms with Gasteiger partial charge in [-0.1, -0.05) is 12.1 Å². The summed E-state index contributed by atoms with van der Waals surface area (Å²) in [4.78, 5) is 11.2. The van der Waals surface area contributed by atoms with Crippen molar-refractivity contribution in [2.24, 2.45) is 0 Å². The topological polar surface area (TPSA) is 60.4 Å². The van der Waals surface area contributed by atoms with Crippen molar-refractivity contribution in [3.8, 4) is 0 Å². The Morgan fingerprint density at radius 2 is 1.88 bits per heavy atom. The SMILES string of the molecule is CCOC(=O)c1ccc(CS(=O)(=O)F)cc1. The van der Waals surface area contributed by atoms with Gasteiger partial charge < -0.3 is 4.74 Å². The van der Waals surface area contributed by atoms with E-state index < -0.39 is 21.9 Å². The summed E-state index contributed by atoms with van der Waals surface area (Å²) in [5, 5.41) is 0. The van der Waals surface area contributed by atoms with Crippen LogP contribution in [0.4, 0.5) is 3.89 Å². The number of esters is 1. The molecule has 0 spiro atoms. The van der Waals surface area contributed by atoms with E-state index >= 15 is 0 Å². The molecule has 0 radical (unpaired) electrons. The molecule has 4 nitrogen and oxygen atoms in total. The number of rotatable bonds is 4. The van der Waals surface area contributed by atoms with E-state index in [1.165, 1.54) is 24.3 Å². The van der Waals surface area contributed by atoms with Crippen LogP contribution in [0.3, 0.4) is 0 Å². The van der Waals surface area contributed by atoms with E-state index in [4.69, 9.17) is 4.74 Å². The molecule has 0 aliphatic rings. The van der Waals surface area contributed by atoms with Gasteiger partial charge in [-0.2, -0.15) is 8.42 Å². The van der Waals surface area contributed by atoms with Gasteiger partial charge in [-0.3, -0.25) is 0 Å². The molecule has 0 aliphatic heterocycles. The second kappa shape index (κ2) is 5.07. The molecule has 0 aromatic heterocycles. The van der Waals surface area contributed by atoms with E-state index in [0.29, 0.717) is 5.56 Å². The molecule has 0 bridgehead atoms. The number of carbonyl (C=O) groups excluding carboxylic acids is 1. The van der Waals surface area contributed by atoms with E-state index in [2.05, 4.69) is 0 Å².